The summed E-state index contributed by atoms with van der Waals surface area (Å²) in [7, 11) is 0. The Morgan fingerprint density at radius 2 is 1.35 bits per heavy atom. The predicted molar refractivity (Wildman–Crippen MR) is 155 cm³/mol. The van der Waals surface area contributed by atoms with E-state index in [-0.39, 0.29) is 33.7 Å². The van der Waals surface area contributed by atoms with Crippen molar-refractivity contribution >= 4 is 0 Å². The minimum Gasteiger partial charge on any atom is -0.429 e. The molecule has 11 heteroatoms. The van der Waals surface area contributed by atoms with Gasteiger partial charge in [-0.2, -0.15) is 8.78 Å². The van der Waals surface area contributed by atoms with Crippen LogP contribution in [0.25, 0.3) is 22.3 Å². The van der Waals surface area contributed by atoms with E-state index < -0.39 is 65.0 Å². The number of rotatable bonds is 11. The second-order valence-corrected chi connectivity index (χ2v) is 11.1. The number of hydrogen-bond acceptors (Lipinski definition) is 3. The van der Waals surface area contributed by atoms with Crippen LogP contribution in [0.15, 0.2) is 66.7 Å². The van der Waals surface area contributed by atoms with Gasteiger partial charge >= 0.3 is 6.11 Å². The molecule has 0 aromatic heterocycles. The maximum Gasteiger partial charge on any atom is 0.429 e. The molecule has 244 valence electrons. The summed E-state index contributed by atoms with van der Waals surface area (Å²) in [4.78, 5) is 0. The highest BCUT2D eigenvalue weighted by atomic mass is 19.3. The number of unbranched alkanes of at least 4 members (excludes halogenated alkanes) is 2. The first-order valence-corrected chi connectivity index (χ1v) is 14.7. The van der Waals surface area contributed by atoms with Gasteiger partial charge in [-0.25, -0.2) is 26.3 Å². The average molecular weight is 651 g/mol. The zero-order valence-corrected chi connectivity index (χ0v) is 24.7. The molecule has 0 bridgehead atoms. The van der Waals surface area contributed by atoms with Crippen LogP contribution in [0.3, 0.4) is 0 Å². The Balaban J connectivity index is 1.27. The second-order valence-electron chi connectivity index (χ2n) is 11.1. The van der Waals surface area contributed by atoms with Crippen molar-refractivity contribution < 1.29 is 49.3 Å². The van der Waals surface area contributed by atoms with Crippen molar-refractivity contribution in [2.75, 3.05) is 13.2 Å². The molecule has 3 nitrogen and oxygen atoms in total. The molecule has 46 heavy (non-hydrogen) atoms. The normalized spacial score (nSPS) is 16.9. The average Bonchev–Trinajstić information content (AvgIpc) is 3.01. The summed E-state index contributed by atoms with van der Waals surface area (Å²) in [5, 5.41) is 0. The highest BCUT2D eigenvalue weighted by Crippen LogP contribution is 2.38. The topological polar surface area (TPSA) is 27.7 Å². The van der Waals surface area contributed by atoms with Crippen molar-refractivity contribution in [2.45, 2.75) is 51.7 Å². The van der Waals surface area contributed by atoms with Crippen LogP contribution in [0.5, 0.6) is 5.75 Å². The van der Waals surface area contributed by atoms with Crippen molar-refractivity contribution in [3.63, 3.8) is 0 Å². The quantitative estimate of drug-likeness (QED) is 0.119. The minimum atomic E-state index is -4.19. The van der Waals surface area contributed by atoms with Gasteiger partial charge in [-0.15, -0.1) is 0 Å². The Bertz CT molecular complexity index is 1660. The van der Waals surface area contributed by atoms with Crippen LogP contribution in [0.2, 0.25) is 0 Å². The summed E-state index contributed by atoms with van der Waals surface area (Å²) in [6.45, 7) is 1.54. The lowest BCUT2D eigenvalue weighted by Crippen LogP contribution is -2.27. The Labute approximate surface area is 260 Å². The number of halogens is 8. The summed E-state index contributed by atoms with van der Waals surface area (Å²) >= 11 is 0. The molecule has 1 saturated heterocycles. The largest absolute Gasteiger partial charge is 0.429 e. The van der Waals surface area contributed by atoms with Crippen molar-refractivity contribution in [3.8, 4) is 28.0 Å². The first-order valence-electron chi connectivity index (χ1n) is 14.7. The second kappa shape index (κ2) is 14.2. The molecule has 0 N–H and O–H groups in total. The Morgan fingerprint density at radius 3 is 1.96 bits per heavy atom. The fraction of sp³-hybridized carbons (Fsp3) is 0.314. The first-order chi connectivity index (χ1) is 22.0. The lowest BCUT2D eigenvalue weighted by Gasteiger charge is -2.30. The summed E-state index contributed by atoms with van der Waals surface area (Å²) in [5.41, 5.74) is -2.28. The van der Waals surface area contributed by atoms with Gasteiger partial charge in [0.25, 0.3) is 0 Å². The summed E-state index contributed by atoms with van der Waals surface area (Å²) < 4.78 is 132. The number of benzene rings is 4. The van der Waals surface area contributed by atoms with Crippen LogP contribution >= 0.6 is 0 Å². The van der Waals surface area contributed by atoms with E-state index in [9.17, 15) is 22.0 Å². The standard InChI is InChI=1S/C35H30F8O3/c1-2-3-4-5-20-18-44-34(45-19-20)22-7-11-28(33(41)13-22)35(42,43)46-24-8-10-25(32(40)16-24)21-6-9-26(29(37)12-21)23-14-30(38)27(17-36)31(39)15-23/h6-16,20,34H,2-5,17-19H2,1H3. The molecule has 5 rings (SSSR count). The number of alkyl halides is 3. The van der Waals surface area contributed by atoms with E-state index >= 15 is 13.2 Å². The zero-order chi connectivity index (χ0) is 33.0. The fourth-order valence-electron chi connectivity index (χ4n) is 5.30. The van der Waals surface area contributed by atoms with Gasteiger partial charge in [0.2, 0.25) is 0 Å². The van der Waals surface area contributed by atoms with E-state index in [0.717, 1.165) is 74.2 Å². The van der Waals surface area contributed by atoms with Crippen LogP contribution < -0.4 is 4.74 Å². The van der Waals surface area contributed by atoms with Gasteiger partial charge in [0, 0.05) is 28.7 Å². The van der Waals surface area contributed by atoms with Gasteiger partial charge in [0.1, 0.15) is 41.5 Å². The summed E-state index contributed by atoms with van der Waals surface area (Å²) in [5.74, 6) is -6.09. The van der Waals surface area contributed by atoms with Crippen molar-refractivity contribution in [2.24, 2.45) is 5.92 Å². The molecule has 4 aromatic rings. The minimum absolute atomic E-state index is 0.0144. The third-order valence-corrected chi connectivity index (χ3v) is 7.81. The maximum absolute atomic E-state index is 15.0. The predicted octanol–water partition coefficient (Wildman–Crippen LogP) is 10.6. The Kier molecular flexibility index (Phi) is 10.3. The molecule has 0 aliphatic carbocycles. The molecule has 0 amide bonds. The summed E-state index contributed by atoms with van der Waals surface area (Å²) in [6.07, 6.45) is -0.921. The molecule has 0 unspecified atom stereocenters. The van der Waals surface area contributed by atoms with Crippen molar-refractivity contribution in [1.82, 2.24) is 0 Å². The van der Waals surface area contributed by atoms with Crippen molar-refractivity contribution in [3.05, 3.63) is 113 Å². The van der Waals surface area contributed by atoms with Gasteiger partial charge < -0.3 is 14.2 Å². The molecule has 0 atom stereocenters. The highest BCUT2D eigenvalue weighted by Gasteiger charge is 2.38. The van der Waals surface area contributed by atoms with E-state index in [2.05, 4.69) is 11.7 Å². The molecule has 1 fully saturated rings. The molecule has 4 aromatic carbocycles. The Morgan fingerprint density at radius 1 is 0.717 bits per heavy atom. The van der Waals surface area contributed by atoms with Crippen LogP contribution in [-0.2, 0) is 22.3 Å². The maximum atomic E-state index is 15.0. The Hall–Kier alpha value is -3.96. The zero-order valence-electron chi connectivity index (χ0n) is 24.7. The van der Waals surface area contributed by atoms with E-state index in [4.69, 9.17) is 9.47 Å². The molecule has 0 radical (unpaired) electrons. The lowest BCUT2D eigenvalue weighted by atomic mass is 9.98. The molecule has 1 aliphatic heterocycles. The van der Waals surface area contributed by atoms with E-state index in [0.29, 0.717) is 19.3 Å². The van der Waals surface area contributed by atoms with Gasteiger partial charge in [-0.3, -0.25) is 0 Å². The van der Waals surface area contributed by atoms with Crippen LogP contribution in [0.4, 0.5) is 35.1 Å². The smallest absolute Gasteiger partial charge is 0.429 e. The molecule has 1 heterocycles. The third kappa shape index (κ3) is 7.36. The van der Waals surface area contributed by atoms with Crippen molar-refractivity contribution in [1.29, 1.82) is 0 Å². The number of ether oxygens (including phenoxy) is 3. The highest BCUT2D eigenvalue weighted by molar-refractivity contribution is 5.72. The van der Waals surface area contributed by atoms with Crippen LogP contribution in [-0.4, -0.2) is 13.2 Å². The molecular weight excluding hydrogens is 620 g/mol. The van der Waals surface area contributed by atoms with Gasteiger partial charge in [-0.05, 0) is 60.0 Å². The third-order valence-electron chi connectivity index (χ3n) is 7.81. The van der Waals surface area contributed by atoms with Gasteiger partial charge in [-0.1, -0.05) is 44.4 Å². The fourth-order valence-corrected chi connectivity index (χ4v) is 5.30. The SMILES string of the molecule is CCCCCC1COC(c2ccc(C(F)(F)Oc3ccc(-c4ccc(-c5cc(F)c(CF)c(F)c5)c(F)c4)c(F)c3)c(F)c2)OC1. The first kappa shape index (κ1) is 33.4. The molecule has 0 saturated carbocycles. The molecular formula is C35H30F8O3. The molecule has 1 aliphatic rings. The van der Waals surface area contributed by atoms with Gasteiger partial charge in [0.05, 0.1) is 24.3 Å². The van der Waals surface area contributed by atoms with E-state index in [1.54, 1.807) is 0 Å². The summed E-state index contributed by atoms with van der Waals surface area (Å²) in [6, 6.07) is 10.6. The van der Waals surface area contributed by atoms with Crippen LogP contribution in [0, 0.1) is 35.0 Å². The molecule has 0 spiro atoms. The lowest BCUT2D eigenvalue weighted by molar-refractivity contribution is -0.206. The monoisotopic (exact) mass is 650 g/mol. The van der Waals surface area contributed by atoms with Gasteiger partial charge in [0.15, 0.2) is 6.29 Å². The van der Waals surface area contributed by atoms with E-state index in [1.165, 1.54) is 12.1 Å². The van der Waals surface area contributed by atoms with Crippen LogP contribution in [0.1, 0.15) is 55.6 Å². The number of hydrogen-bond donors (Lipinski definition) is 0. The van der Waals surface area contributed by atoms with E-state index in [1.807, 2.05) is 0 Å².